The molecule has 1 saturated carbocycles. The average molecular weight is 384 g/mol. The lowest BCUT2D eigenvalue weighted by atomic mass is 9.94. The largest absolute Gasteiger partial charge is 0.503 e. The first-order valence-corrected chi connectivity index (χ1v) is 10.2. The summed E-state index contributed by atoms with van der Waals surface area (Å²) in [5.74, 6) is -0.200. The Morgan fingerprint density at radius 1 is 1.11 bits per heavy atom. The molecular weight excluding hydrogens is 356 g/mol. The molecule has 150 valence electrons. The molecule has 2 heterocycles. The minimum Gasteiger partial charge on any atom is -0.503 e. The molecule has 6 nitrogen and oxygen atoms in total. The maximum Gasteiger partial charge on any atom is 0.290 e. The lowest BCUT2D eigenvalue weighted by Crippen LogP contribution is -2.40. The van der Waals surface area contributed by atoms with Crippen molar-refractivity contribution >= 4 is 11.7 Å². The van der Waals surface area contributed by atoms with E-state index in [4.69, 9.17) is 4.74 Å². The molecule has 1 aromatic rings. The summed E-state index contributed by atoms with van der Waals surface area (Å²) in [4.78, 5) is 29.8. The molecule has 6 heteroatoms. The number of rotatable bonds is 7. The van der Waals surface area contributed by atoms with Crippen LogP contribution in [0.15, 0.2) is 35.6 Å². The summed E-state index contributed by atoms with van der Waals surface area (Å²) in [6.07, 6.45) is 5.31. The lowest BCUT2D eigenvalue weighted by Gasteiger charge is -2.31. The van der Waals surface area contributed by atoms with Crippen molar-refractivity contribution in [1.29, 1.82) is 0 Å². The zero-order valence-electron chi connectivity index (χ0n) is 16.4. The van der Waals surface area contributed by atoms with Crippen LogP contribution in [-0.4, -0.2) is 59.9 Å². The van der Waals surface area contributed by atoms with E-state index in [-0.39, 0.29) is 23.0 Å². The SMILES string of the molecule is COc1ccc(C2C(C(=O)C3CC3)=C(O)C(=O)N2CCN2CCCCC2)cc1. The molecule has 2 fully saturated rings. The minimum atomic E-state index is -0.517. The normalized spacial score (nSPS) is 23.4. The van der Waals surface area contributed by atoms with Crippen LogP contribution < -0.4 is 4.74 Å². The number of hydrogen-bond acceptors (Lipinski definition) is 5. The first-order chi connectivity index (χ1) is 13.6. The van der Waals surface area contributed by atoms with Crippen molar-refractivity contribution in [1.82, 2.24) is 9.80 Å². The van der Waals surface area contributed by atoms with Gasteiger partial charge in [-0.15, -0.1) is 0 Å². The van der Waals surface area contributed by atoms with Crippen LogP contribution in [0.25, 0.3) is 0 Å². The van der Waals surface area contributed by atoms with Gasteiger partial charge in [0.15, 0.2) is 11.5 Å². The van der Waals surface area contributed by atoms with Gasteiger partial charge in [-0.05, 0) is 56.5 Å². The number of ether oxygens (including phenoxy) is 1. The highest BCUT2D eigenvalue weighted by Gasteiger charge is 2.46. The van der Waals surface area contributed by atoms with Crippen LogP contribution in [0.2, 0.25) is 0 Å². The maximum atomic E-state index is 12.9. The molecule has 1 aromatic carbocycles. The number of ketones is 1. The molecule has 1 unspecified atom stereocenters. The summed E-state index contributed by atoms with van der Waals surface area (Å²) in [7, 11) is 1.60. The number of Topliss-reactive ketones (excluding diaryl/α,β-unsaturated/α-hetero) is 1. The Morgan fingerprint density at radius 2 is 1.79 bits per heavy atom. The van der Waals surface area contributed by atoms with E-state index >= 15 is 0 Å². The van der Waals surface area contributed by atoms with Gasteiger partial charge in [-0.1, -0.05) is 18.6 Å². The molecule has 1 aliphatic carbocycles. The van der Waals surface area contributed by atoms with E-state index in [1.54, 1.807) is 12.0 Å². The van der Waals surface area contributed by atoms with E-state index in [0.717, 1.165) is 43.8 Å². The molecule has 1 atom stereocenters. The predicted octanol–water partition coefficient (Wildman–Crippen LogP) is 2.86. The van der Waals surface area contributed by atoms with Crippen LogP contribution in [0.3, 0.4) is 0 Å². The van der Waals surface area contributed by atoms with Crippen molar-refractivity contribution in [3.63, 3.8) is 0 Å². The summed E-state index contributed by atoms with van der Waals surface area (Å²) >= 11 is 0. The van der Waals surface area contributed by atoms with Crippen LogP contribution in [0, 0.1) is 5.92 Å². The van der Waals surface area contributed by atoms with E-state index in [9.17, 15) is 14.7 Å². The number of carbonyl (C=O) groups excluding carboxylic acids is 2. The van der Waals surface area contributed by atoms with E-state index in [1.807, 2.05) is 24.3 Å². The van der Waals surface area contributed by atoms with Gasteiger partial charge in [0.2, 0.25) is 0 Å². The Labute approximate surface area is 165 Å². The van der Waals surface area contributed by atoms with Gasteiger partial charge >= 0.3 is 0 Å². The van der Waals surface area contributed by atoms with Crippen LogP contribution in [0.5, 0.6) is 5.75 Å². The molecule has 1 amide bonds. The number of amides is 1. The fourth-order valence-electron chi connectivity index (χ4n) is 4.27. The van der Waals surface area contributed by atoms with Gasteiger partial charge in [-0.25, -0.2) is 0 Å². The van der Waals surface area contributed by atoms with Crippen LogP contribution in [-0.2, 0) is 9.59 Å². The molecule has 1 N–H and O–H groups in total. The number of nitrogens with zero attached hydrogens (tertiary/aromatic N) is 2. The predicted molar refractivity (Wildman–Crippen MR) is 105 cm³/mol. The number of carbonyl (C=O) groups is 2. The van der Waals surface area contributed by atoms with E-state index in [0.29, 0.717) is 6.54 Å². The van der Waals surface area contributed by atoms with Crippen molar-refractivity contribution < 1.29 is 19.4 Å². The third-order valence-corrected chi connectivity index (χ3v) is 6.05. The van der Waals surface area contributed by atoms with Crippen molar-refractivity contribution in [2.24, 2.45) is 5.92 Å². The Morgan fingerprint density at radius 3 is 2.39 bits per heavy atom. The Balaban J connectivity index is 1.61. The molecule has 1 saturated heterocycles. The quantitative estimate of drug-likeness (QED) is 0.783. The highest BCUT2D eigenvalue weighted by molar-refractivity contribution is 6.10. The zero-order valence-corrected chi connectivity index (χ0v) is 16.4. The number of methoxy groups -OCH3 is 1. The molecule has 0 bridgehead atoms. The van der Waals surface area contributed by atoms with E-state index in [2.05, 4.69) is 4.90 Å². The second-order valence-electron chi connectivity index (χ2n) is 7.98. The third kappa shape index (κ3) is 3.65. The number of benzene rings is 1. The highest BCUT2D eigenvalue weighted by atomic mass is 16.5. The van der Waals surface area contributed by atoms with E-state index in [1.165, 1.54) is 19.3 Å². The maximum absolute atomic E-state index is 12.9. The van der Waals surface area contributed by atoms with Gasteiger partial charge in [0.05, 0.1) is 18.7 Å². The third-order valence-electron chi connectivity index (χ3n) is 6.05. The Kier molecular flexibility index (Phi) is 5.40. The fraction of sp³-hybridized carbons (Fsp3) is 0.545. The molecule has 0 radical (unpaired) electrons. The van der Waals surface area contributed by atoms with Gasteiger partial charge in [0.25, 0.3) is 5.91 Å². The number of aliphatic hydroxyl groups is 1. The van der Waals surface area contributed by atoms with Crippen molar-refractivity contribution in [3.8, 4) is 5.75 Å². The summed E-state index contributed by atoms with van der Waals surface area (Å²) in [6.45, 7) is 3.35. The summed E-state index contributed by atoms with van der Waals surface area (Å²) in [5, 5.41) is 10.6. The van der Waals surface area contributed by atoms with Crippen LogP contribution in [0.4, 0.5) is 0 Å². The standard InChI is InChI=1S/C22H28N2O4/c1-28-17-9-7-15(8-10-17)19-18(20(25)16-5-6-16)21(26)22(27)24(19)14-13-23-11-3-2-4-12-23/h7-10,16,19,26H,2-6,11-14H2,1H3. The number of hydrogen-bond donors (Lipinski definition) is 1. The van der Waals surface area contributed by atoms with Gasteiger partial charge in [0.1, 0.15) is 5.75 Å². The first-order valence-electron chi connectivity index (χ1n) is 10.2. The van der Waals surface area contributed by atoms with Crippen LogP contribution >= 0.6 is 0 Å². The second kappa shape index (κ2) is 7.95. The Hall–Kier alpha value is -2.34. The topological polar surface area (TPSA) is 70.1 Å². The minimum absolute atomic E-state index is 0.0484. The van der Waals surface area contributed by atoms with Crippen LogP contribution in [0.1, 0.15) is 43.7 Å². The zero-order chi connectivity index (χ0) is 19.7. The highest BCUT2D eigenvalue weighted by Crippen LogP contribution is 2.43. The first kappa shape index (κ1) is 19.0. The molecule has 0 aromatic heterocycles. The number of aliphatic hydroxyl groups excluding tert-OH is 1. The van der Waals surface area contributed by atoms with E-state index < -0.39 is 11.9 Å². The molecular formula is C22H28N2O4. The Bertz CT molecular complexity index is 776. The smallest absolute Gasteiger partial charge is 0.290 e. The average Bonchev–Trinajstić information content (AvgIpc) is 3.55. The molecule has 3 aliphatic rings. The van der Waals surface area contributed by atoms with Gasteiger partial charge in [-0.3, -0.25) is 9.59 Å². The summed E-state index contributed by atoms with van der Waals surface area (Å²) < 4.78 is 5.23. The number of piperidine rings is 1. The van der Waals surface area contributed by atoms with Gasteiger partial charge in [0, 0.05) is 19.0 Å². The molecule has 4 rings (SSSR count). The summed E-state index contributed by atoms with van der Waals surface area (Å²) in [6, 6.07) is 6.90. The van der Waals surface area contributed by atoms with Crippen molar-refractivity contribution in [3.05, 3.63) is 41.2 Å². The number of likely N-dealkylation sites (tertiary alicyclic amines) is 1. The lowest BCUT2D eigenvalue weighted by molar-refractivity contribution is -0.129. The van der Waals surface area contributed by atoms with Gasteiger partial charge in [-0.2, -0.15) is 0 Å². The van der Waals surface area contributed by atoms with Crippen molar-refractivity contribution in [2.45, 2.75) is 38.1 Å². The second-order valence-corrected chi connectivity index (χ2v) is 7.98. The molecule has 28 heavy (non-hydrogen) atoms. The van der Waals surface area contributed by atoms with Crippen molar-refractivity contribution in [2.75, 3.05) is 33.3 Å². The fourth-order valence-corrected chi connectivity index (χ4v) is 4.27. The molecule has 2 aliphatic heterocycles. The summed E-state index contributed by atoms with van der Waals surface area (Å²) in [5.41, 5.74) is 1.11. The monoisotopic (exact) mass is 384 g/mol. The van der Waals surface area contributed by atoms with Gasteiger partial charge < -0.3 is 19.6 Å². The molecule has 0 spiro atoms.